The van der Waals surface area contributed by atoms with Gasteiger partial charge in [-0.25, -0.2) is 4.39 Å². The van der Waals surface area contributed by atoms with Crippen LogP contribution in [0.25, 0.3) is 0 Å². The van der Waals surface area contributed by atoms with Crippen LogP contribution >= 0.6 is 11.6 Å². The number of hydrogen-bond acceptors (Lipinski definition) is 5. The van der Waals surface area contributed by atoms with Crippen molar-refractivity contribution < 1.29 is 28.9 Å². The fourth-order valence-corrected chi connectivity index (χ4v) is 2.81. The van der Waals surface area contributed by atoms with Gasteiger partial charge in [-0.3, -0.25) is 4.79 Å². The number of rotatable bonds is 9. The van der Waals surface area contributed by atoms with Crippen molar-refractivity contribution in [3.05, 3.63) is 52.8 Å². The van der Waals surface area contributed by atoms with Crippen LogP contribution in [0.1, 0.15) is 12.5 Å². The number of nitrogens with one attached hydrogen (secondary N) is 1. The Bertz CT molecular complexity index is 817. The molecule has 2 aromatic rings. The van der Waals surface area contributed by atoms with Gasteiger partial charge in [0.05, 0.1) is 12.1 Å². The lowest BCUT2D eigenvalue weighted by Gasteiger charge is -2.19. The monoisotopic (exact) mass is 411 g/mol. The summed E-state index contributed by atoms with van der Waals surface area (Å²) in [6, 6.07) is 8.64. The van der Waals surface area contributed by atoms with Gasteiger partial charge < -0.3 is 25.0 Å². The summed E-state index contributed by atoms with van der Waals surface area (Å²) in [6.07, 6.45) is -0.403. The lowest BCUT2D eigenvalue weighted by molar-refractivity contribution is -0.127. The Balaban J connectivity index is 1.89. The molecule has 0 saturated carbocycles. The first kappa shape index (κ1) is 21.8. The maximum Gasteiger partial charge on any atom is 0.260 e. The van der Waals surface area contributed by atoms with E-state index >= 15 is 0 Å². The number of methoxy groups -OCH3 is 1. The Morgan fingerprint density at radius 1 is 1.25 bits per heavy atom. The molecule has 8 heteroatoms. The summed E-state index contributed by atoms with van der Waals surface area (Å²) in [7, 11) is 1.46. The average molecular weight is 412 g/mol. The van der Waals surface area contributed by atoms with Crippen LogP contribution in [-0.4, -0.2) is 42.5 Å². The van der Waals surface area contributed by atoms with Gasteiger partial charge in [0.1, 0.15) is 11.6 Å². The number of carbonyl (C=O) groups is 1. The van der Waals surface area contributed by atoms with Crippen molar-refractivity contribution in [2.45, 2.75) is 19.4 Å². The third-order valence-electron chi connectivity index (χ3n) is 4.16. The number of amides is 1. The van der Waals surface area contributed by atoms with Crippen LogP contribution < -0.4 is 14.8 Å². The molecule has 0 heterocycles. The van der Waals surface area contributed by atoms with Crippen LogP contribution in [0.3, 0.4) is 0 Å². The number of phenolic OH excluding ortho intramolecular Hbond substituents is 1. The van der Waals surface area contributed by atoms with Crippen LogP contribution in [0.5, 0.6) is 17.2 Å². The maximum absolute atomic E-state index is 13.1. The number of aliphatic hydroxyl groups is 1. The van der Waals surface area contributed by atoms with Gasteiger partial charge in [-0.2, -0.15) is 0 Å². The van der Waals surface area contributed by atoms with E-state index in [1.165, 1.54) is 19.2 Å². The highest BCUT2D eigenvalue weighted by Gasteiger charge is 2.18. The molecule has 0 aromatic heterocycles. The minimum absolute atomic E-state index is 0.0129. The van der Waals surface area contributed by atoms with Crippen LogP contribution in [0, 0.1) is 11.7 Å². The van der Waals surface area contributed by atoms with E-state index in [1.807, 2.05) is 0 Å². The van der Waals surface area contributed by atoms with Crippen LogP contribution in [0.15, 0.2) is 36.4 Å². The standard InChI is InChI=1S/C20H23ClFNO5/c1-12(28-18-6-4-15(22)9-16(18)21)20(26)23-10-14(11-24)7-13-3-5-19(27-2)17(25)8-13/h3-6,8-9,12,14,24-25H,7,10-11H2,1-2H3,(H,23,26)/t12-,14-/m0/s1. The van der Waals surface area contributed by atoms with Gasteiger partial charge in [-0.1, -0.05) is 17.7 Å². The molecule has 2 rings (SSSR count). The van der Waals surface area contributed by atoms with Crippen molar-refractivity contribution in [1.82, 2.24) is 5.32 Å². The van der Waals surface area contributed by atoms with Crippen molar-refractivity contribution in [1.29, 1.82) is 0 Å². The Morgan fingerprint density at radius 2 is 1.96 bits per heavy atom. The Kier molecular flexibility index (Phi) is 7.90. The van der Waals surface area contributed by atoms with E-state index in [0.717, 1.165) is 11.6 Å². The van der Waals surface area contributed by atoms with Gasteiger partial charge in [0.2, 0.25) is 0 Å². The predicted molar refractivity (Wildman–Crippen MR) is 103 cm³/mol. The number of hydrogen-bond donors (Lipinski definition) is 3. The molecule has 28 heavy (non-hydrogen) atoms. The molecule has 6 nitrogen and oxygen atoms in total. The molecule has 152 valence electrons. The van der Waals surface area contributed by atoms with Gasteiger partial charge in [0.15, 0.2) is 17.6 Å². The minimum atomic E-state index is -0.854. The molecule has 0 spiro atoms. The van der Waals surface area contributed by atoms with E-state index in [9.17, 15) is 19.4 Å². The number of carbonyl (C=O) groups excluding carboxylic acids is 1. The van der Waals surface area contributed by atoms with Crippen LogP contribution in [0.2, 0.25) is 5.02 Å². The Labute approximate surface area is 167 Å². The van der Waals surface area contributed by atoms with E-state index < -0.39 is 17.8 Å². The molecule has 0 aliphatic carbocycles. The second-order valence-electron chi connectivity index (χ2n) is 6.34. The average Bonchev–Trinajstić information content (AvgIpc) is 2.67. The SMILES string of the molecule is COc1ccc(C[C@H](CO)CNC(=O)[C@H](C)Oc2ccc(F)cc2Cl)cc1O. The van der Waals surface area contributed by atoms with Crippen molar-refractivity contribution in [3.63, 3.8) is 0 Å². The third-order valence-corrected chi connectivity index (χ3v) is 4.45. The summed E-state index contributed by atoms with van der Waals surface area (Å²) in [6.45, 7) is 1.61. The molecule has 0 aliphatic heterocycles. The fourth-order valence-electron chi connectivity index (χ4n) is 2.60. The zero-order valence-electron chi connectivity index (χ0n) is 15.6. The predicted octanol–water partition coefficient (Wildman–Crippen LogP) is 2.93. The fraction of sp³-hybridized carbons (Fsp3) is 0.350. The molecule has 2 atom stereocenters. The maximum atomic E-state index is 13.1. The first-order valence-electron chi connectivity index (χ1n) is 8.70. The first-order valence-corrected chi connectivity index (χ1v) is 9.08. The molecule has 0 aliphatic rings. The van der Waals surface area contributed by atoms with Gasteiger partial charge in [-0.05, 0) is 49.2 Å². The molecular formula is C20H23ClFNO5. The molecule has 2 aromatic carbocycles. The van der Waals surface area contributed by atoms with E-state index in [0.29, 0.717) is 12.2 Å². The molecular weight excluding hydrogens is 389 g/mol. The summed E-state index contributed by atoms with van der Waals surface area (Å²) in [4.78, 5) is 12.2. The van der Waals surface area contributed by atoms with Crippen molar-refractivity contribution in [3.8, 4) is 17.2 Å². The normalized spacial score (nSPS) is 12.9. The highest BCUT2D eigenvalue weighted by Crippen LogP contribution is 2.27. The lowest BCUT2D eigenvalue weighted by Crippen LogP contribution is -2.40. The van der Waals surface area contributed by atoms with Gasteiger partial charge >= 0.3 is 0 Å². The number of halogens is 2. The van der Waals surface area contributed by atoms with Crippen molar-refractivity contribution >= 4 is 17.5 Å². The number of benzene rings is 2. The van der Waals surface area contributed by atoms with Gasteiger partial charge in [0.25, 0.3) is 5.91 Å². The third kappa shape index (κ3) is 6.00. The smallest absolute Gasteiger partial charge is 0.260 e. The molecule has 1 amide bonds. The number of phenols is 1. The zero-order chi connectivity index (χ0) is 20.7. The largest absolute Gasteiger partial charge is 0.504 e. The van der Waals surface area contributed by atoms with Crippen LogP contribution in [-0.2, 0) is 11.2 Å². The van der Waals surface area contributed by atoms with E-state index in [2.05, 4.69) is 5.32 Å². The quantitative estimate of drug-likeness (QED) is 0.590. The van der Waals surface area contributed by atoms with Gasteiger partial charge in [-0.15, -0.1) is 0 Å². The summed E-state index contributed by atoms with van der Waals surface area (Å²) < 4.78 is 23.5. The molecule has 0 fully saturated rings. The molecule has 0 saturated heterocycles. The van der Waals surface area contributed by atoms with E-state index in [1.54, 1.807) is 25.1 Å². The summed E-state index contributed by atoms with van der Waals surface area (Å²) >= 11 is 5.89. The summed E-state index contributed by atoms with van der Waals surface area (Å²) in [5, 5.41) is 22.2. The second-order valence-corrected chi connectivity index (χ2v) is 6.75. The Morgan fingerprint density at radius 3 is 2.57 bits per heavy atom. The number of aliphatic hydroxyl groups excluding tert-OH is 1. The van der Waals surface area contributed by atoms with Crippen LogP contribution in [0.4, 0.5) is 4.39 Å². The first-order chi connectivity index (χ1) is 13.3. The molecule has 3 N–H and O–H groups in total. The van der Waals surface area contributed by atoms with E-state index in [4.69, 9.17) is 21.1 Å². The second kappa shape index (κ2) is 10.1. The highest BCUT2D eigenvalue weighted by molar-refractivity contribution is 6.32. The highest BCUT2D eigenvalue weighted by atomic mass is 35.5. The van der Waals surface area contributed by atoms with E-state index in [-0.39, 0.29) is 35.6 Å². The molecule has 0 unspecified atom stereocenters. The van der Waals surface area contributed by atoms with Crippen molar-refractivity contribution in [2.75, 3.05) is 20.3 Å². The number of ether oxygens (including phenoxy) is 2. The Hall–Kier alpha value is -2.51. The number of aromatic hydroxyl groups is 1. The summed E-state index contributed by atoms with van der Waals surface area (Å²) in [5.41, 5.74) is 0.800. The topological polar surface area (TPSA) is 88.0 Å². The van der Waals surface area contributed by atoms with Gasteiger partial charge in [0, 0.05) is 19.1 Å². The zero-order valence-corrected chi connectivity index (χ0v) is 16.4. The summed E-state index contributed by atoms with van der Waals surface area (Å²) in [5.74, 6) is -0.556. The lowest BCUT2D eigenvalue weighted by atomic mass is 9.99. The molecule has 0 bridgehead atoms. The minimum Gasteiger partial charge on any atom is -0.504 e. The van der Waals surface area contributed by atoms with Crippen molar-refractivity contribution in [2.24, 2.45) is 5.92 Å². The molecule has 0 radical (unpaired) electrons.